The van der Waals surface area contributed by atoms with Gasteiger partial charge >= 0.3 is 0 Å². The summed E-state index contributed by atoms with van der Waals surface area (Å²) < 4.78 is 0.773. The molecule has 0 bridgehead atoms. The van der Waals surface area contributed by atoms with Crippen molar-refractivity contribution in [3.63, 3.8) is 0 Å². The summed E-state index contributed by atoms with van der Waals surface area (Å²) in [6.45, 7) is 5.84. The number of carbonyl (C=O) groups is 2. The van der Waals surface area contributed by atoms with Gasteiger partial charge in [0.15, 0.2) is 0 Å². The number of anilines is 1. The molecule has 0 N–H and O–H groups in total. The van der Waals surface area contributed by atoms with Crippen LogP contribution in [0.1, 0.15) is 32.3 Å². The van der Waals surface area contributed by atoms with Crippen molar-refractivity contribution in [1.29, 1.82) is 0 Å². The van der Waals surface area contributed by atoms with E-state index in [2.05, 4.69) is 15.9 Å². The number of imide groups is 1. The van der Waals surface area contributed by atoms with Crippen molar-refractivity contribution in [1.82, 2.24) is 0 Å². The molecule has 1 aliphatic rings. The van der Waals surface area contributed by atoms with Crippen molar-refractivity contribution >= 4 is 33.4 Å². The lowest BCUT2D eigenvalue weighted by Crippen LogP contribution is -2.46. The molecule has 0 saturated carbocycles. The average Bonchev–Trinajstić information content (AvgIpc) is 2.20. The Morgan fingerprint density at radius 1 is 1.17 bits per heavy atom. The van der Waals surface area contributed by atoms with Crippen LogP contribution < -0.4 is 4.90 Å². The van der Waals surface area contributed by atoms with Gasteiger partial charge in [-0.25, -0.2) is 4.90 Å². The van der Waals surface area contributed by atoms with Crippen molar-refractivity contribution in [2.75, 3.05) is 4.90 Å². The average molecular weight is 310 g/mol. The number of piperidine rings is 1. The molecule has 0 spiro atoms. The van der Waals surface area contributed by atoms with Gasteiger partial charge in [0, 0.05) is 17.3 Å². The van der Waals surface area contributed by atoms with Gasteiger partial charge in [0.2, 0.25) is 11.8 Å². The summed E-state index contributed by atoms with van der Waals surface area (Å²) in [4.78, 5) is 25.6. The first-order valence-corrected chi connectivity index (χ1v) is 6.71. The lowest BCUT2D eigenvalue weighted by Gasteiger charge is -2.35. The Morgan fingerprint density at radius 2 is 1.72 bits per heavy atom. The molecule has 96 valence electrons. The molecule has 1 aromatic carbocycles. The van der Waals surface area contributed by atoms with Crippen LogP contribution in [0.5, 0.6) is 0 Å². The highest BCUT2D eigenvalue weighted by atomic mass is 79.9. The molecule has 4 heteroatoms. The number of amides is 2. The molecule has 0 aliphatic carbocycles. The number of hydrogen-bond acceptors (Lipinski definition) is 2. The lowest BCUT2D eigenvalue weighted by molar-refractivity contribution is -0.132. The van der Waals surface area contributed by atoms with Gasteiger partial charge in [0.25, 0.3) is 0 Å². The van der Waals surface area contributed by atoms with E-state index in [1.54, 1.807) is 0 Å². The summed E-state index contributed by atoms with van der Waals surface area (Å²) in [5, 5.41) is 0. The number of carbonyl (C=O) groups excluding carboxylic acids is 2. The summed E-state index contributed by atoms with van der Waals surface area (Å²) >= 11 is 3.40. The first-order valence-electron chi connectivity index (χ1n) is 5.92. The van der Waals surface area contributed by atoms with Crippen LogP contribution in [0.15, 0.2) is 22.7 Å². The fourth-order valence-electron chi connectivity index (χ4n) is 2.24. The SMILES string of the molecule is Cc1ccc(Br)c(N2C(=O)CC(C)(C)CC2=O)c1. The Balaban J connectivity index is 2.42. The van der Waals surface area contributed by atoms with Gasteiger partial charge < -0.3 is 0 Å². The molecule has 1 heterocycles. The van der Waals surface area contributed by atoms with E-state index in [1.807, 2.05) is 39.0 Å². The Bertz CT molecular complexity index is 503. The molecular weight excluding hydrogens is 294 g/mol. The van der Waals surface area contributed by atoms with Gasteiger partial charge in [0.1, 0.15) is 0 Å². The van der Waals surface area contributed by atoms with Crippen molar-refractivity contribution in [2.24, 2.45) is 5.41 Å². The third kappa shape index (κ3) is 2.48. The van der Waals surface area contributed by atoms with Gasteiger partial charge in [0.05, 0.1) is 5.69 Å². The zero-order valence-corrected chi connectivity index (χ0v) is 12.4. The van der Waals surface area contributed by atoms with Gasteiger partial charge in [-0.1, -0.05) is 19.9 Å². The highest BCUT2D eigenvalue weighted by molar-refractivity contribution is 9.10. The predicted octanol–water partition coefficient (Wildman–Crippen LogP) is 3.44. The van der Waals surface area contributed by atoms with Crippen LogP contribution in [-0.2, 0) is 9.59 Å². The van der Waals surface area contributed by atoms with Crippen molar-refractivity contribution in [3.05, 3.63) is 28.2 Å². The highest BCUT2D eigenvalue weighted by Crippen LogP contribution is 2.36. The lowest BCUT2D eigenvalue weighted by atomic mass is 9.81. The first kappa shape index (κ1) is 13.3. The second-order valence-corrected chi connectivity index (χ2v) is 6.45. The topological polar surface area (TPSA) is 37.4 Å². The summed E-state index contributed by atoms with van der Waals surface area (Å²) in [7, 11) is 0. The molecule has 3 nitrogen and oxygen atoms in total. The number of nitrogens with zero attached hydrogens (tertiary/aromatic N) is 1. The fourth-order valence-corrected chi connectivity index (χ4v) is 2.67. The smallest absolute Gasteiger partial charge is 0.234 e. The second kappa shape index (κ2) is 4.50. The largest absolute Gasteiger partial charge is 0.274 e. The minimum Gasteiger partial charge on any atom is -0.274 e. The molecule has 0 aromatic heterocycles. The molecule has 1 fully saturated rings. The van der Waals surface area contributed by atoms with Crippen molar-refractivity contribution in [3.8, 4) is 0 Å². The number of benzene rings is 1. The number of hydrogen-bond donors (Lipinski definition) is 0. The minimum absolute atomic E-state index is 0.123. The maximum Gasteiger partial charge on any atom is 0.234 e. The normalized spacial score (nSPS) is 19.2. The van der Waals surface area contributed by atoms with Crippen LogP contribution in [-0.4, -0.2) is 11.8 Å². The quantitative estimate of drug-likeness (QED) is 0.745. The minimum atomic E-state index is -0.235. The third-order valence-electron chi connectivity index (χ3n) is 3.10. The van der Waals surface area contributed by atoms with Crippen LogP contribution in [0, 0.1) is 12.3 Å². The first-order chi connectivity index (χ1) is 8.30. The number of rotatable bonds is 1. The standard InChI is InChI=1S/C14H16BrNO2/c1-9-4-5-10(15)11(6-9)16-12(17)7-14(2,3)8-13(16)18/h4-6H,7-8H2,1-3H3. The van der Waals surface area contributed by atoms with Crippen molar-refractivity contribution in [2.45, 2.75) is 33.6 Å². The monoisotopic (exact) mass is 309 g/mol. The maximum atomic E-state index is 12.2. The summed E-state index contributed by atoms with van der Waals surface area (Å²) in [5.74, 6) is -0.245. The second-order valence-electron chi connectivity index (χ2n) is 5.60. The van der Waals surface area contributed by atoms with Crippen LogP contribution >= 0.6 is 15.9 Å². The molecule has 0 radical (unpaired) electrons. The van der Waals surface area contributed by atoms with Crippen molar-refractivity contribution < 1.29 is 9.59 Å². The van der Waals surface area contributed by atoms with Crippen LogP contribution in [0.25, 0.3) is 0 Å². The highest BCUT2D eigenvalue weighted by Gasteiger charge is 2.38. The predicted molar refractivity (Wildman–Crippen MR) is 74.4 cm³/mol. The van der Waals surface area contributed by atoms with Gasteiger partial charge in [-0.2, -0.15) is 0 Å². The van der Waals surface area contributed by atoms with Gasteiger partial charge in [-0.05, 0) is 46.0 Å². The molecule has 2 amide bonds. The van der Waals surface area contributed by atoms with Gasteiger partial charge in [-0.3, -0.25) is 9.59 Å². The molecule has 2 rings (SSSR count). The molecule has 18 heavy (non-hydrogen) atoms. The number of halogens is 1. The maximum absolute atomic E-state index is 12.2. The van der Waals surface area contributed by atoms with E-state index in [4.69, 9.17) is 0 Å². The third-order valence-corrected chi connectivity index (χ3v) is 3.77. The molecule has 0 unspecified atom stereocenters. The van der Waals surface area contributed by atoms with E-state index in [-0.39, 0.29) is 17.2 Å². The molecule has 1 aromatic rings. The molecular formula is C14H16BrNO2. The van der Waals surface area contributed by atoms with Crippen LogP contribution in [0.2, 0.25) is 0 Å². The Labute approximate surface area is 115 Å². The fraction of sp³-hybridized carbons (Fsp3) is 0.429. The van der Waals surface area contributed by atoms with E-state index in [9.17, 15) is 9.59 Å². The summed E-state index contributed by atoms with van der Waals surface area (Å²) in [5.41, 5.74) is 1.44. The van der Waals surface area contributed by atoms with E-state index < -0.39 is 0 Å². The number of aryl methyl sites for hydroxylation is 1. The molecule has 0 atom stereocenters. The van der Waals surface area contributed by atoms with E-state index >= 15 is 0 Å². The van der Waals surface area contributed by atoms with Gasteiger partial charge in [-0.15, -0.1) is 0 Å². The molecule has 1 aliphatic heterocycles. The Hall–Kier alpha value is -1.16. The Morgan fingerprint density at radius 3 is 2.28 bits per heavy atom. The zero-order valence-electron chi connectivity index (χ0n) is 10.8. The summed E-state index contributed by atoms with van der Waals surface area (Å²) in [6, 6.07) is 5.67. The summed E-state index contributed by atoms with van der Waals surface area (Å²) in [6.07, 6.45) is 0.804. The van der Waals surface area contributed by atoms with Crippen LogP contribution in [0.4, 0.5) is 5.69 Å². The van der Waals surface area contributed by atoms with E-state index in [1.165, 1.54) is 4.90 Å². The molecule has 1 saturated heterocycles. The van der Waals surface area contributed by atoms with E-state index in [0.29, 0.717) is 18.5 Å². The van der Waals surface area contributed by atoms with E-state index in [0.717, 1.165) is 10.0 Å². The Kier molecular flexibility index (Phi) is 3.32. The zero-order chi connectivity index (χ0) is 13.5. The van der Waals surface area contributed by atoms with Crippen LogP contribution in [0.3, 0.4) is 0 Å².